The fourth-order valence-electron chi connectivity index (χ4n) is 3.23. The molecule has 2 N–H and O–H groups in total. The van der Waals surface area contributed by atoms with Crippen molar-refractivity contribution in [2.24, 2.45) is 5.92 Å². The van der Waals surface area contributed by atoms with Crippen molar-refractivity contribution in [2.75, 3.05) is 36.5 Å². The Labute approximate surface area is 174 Å². The lowest BCUT2D eigenvalue weighted by Gasteiger charge is -2.29. The first kappa shape index (κ1) is 21.7. The number of nitrogens with one attached hydrogen (secondary N) is 2. The van der Waals surface area contributed by atoms with Crippen LogP contribution in [0.1, 0.15) is 24.2 Å². The molecule has 0 aromatic heterocycles. The van der Waals surface area contributed by atoms with Crippen molar-refractivity contribution in [2.45, 2.75) is 19.9 Å². The van der Waals surface area contributed by atoms with Crippen molar-refractivity contribution in [3.8, 4) is 0 Å². The summed E-state index contributed by atoms with van der Waals surface area (Å²) in [7, 11) is 0. The number of anilines is 2. The van der Waals surface area contributed by atoms with Gasteiger partial charge in [-0.25, -0.2) is 8.78 Å². The molecule has 2 aromatic carbocycles. The number of rotatable bonds is 6. The monoisotopic (exact) mass is 417 g/mol. The van der Waals surface area contributed by atoms with Gasteiger partial charge in [0.1, 0.15) is 17.7 Å². The molecule has 160 valence electrons. The maximum Gasteiger partial charge on any atom is 0.251 e. The Bertz CT molecular complexity index is 897. The molecule has 0 radical (unpaired) electrons. The van der Waals surface area contributed by atoms with E-state index < -0.39 is 29.5 Å². The minimum absolute atomic E-state index is 0.216. The predicted octanol–water partition coefficient (Wildman–Crippen LogP) is 3.19. The zero-order valence-electron chi connectivity index (χ0n) is 17.0. The molecule has 0 saturated carbocycles. The summed E-state index contributed by atoms with van der Waals surface area (Å²) in [6.45, 7) is 5.87. The van der Waals surface area contributed by atoms with Gasteiger partial charge in [0.2, 0.25) is 5.91 Å². The molecule has 0 spiro atoms. The SMILES string of the molecule is CC(C)C(NC(=O)c1ccc(F)cc1)C(=O)Nc1ccc(N2CCOCC2)c(F)c1. The highest BCUT2D eigenvalue weighted by Gasteiger charge is 2.25. The molecule has 1 aliphatic rings. The van der Waals surface area contributed by atoms with Crippen LogP contribution < -0.4 is 15.5 Å². The van der Waals surface area contributed by atoms with Gasteiger partial charge in [0, 0.05) is 24.3 Å². The summed E-state index contributed by atoms with van der Waals surface area (Å²) in [4.78, 5) is 27.0. The van der Waals surface area contributed by atoms with Crippen LogP contribution in [-0.2, 0) is 9.53 Å². The Morgan fingerprint density at radius 1 is 1.03 bits per heavy atom. The highest BCUT2D eigenvalue weighted by Crippen LogP contribution is 2.24. The third kappa shape index (κ3) is 5.33. The number of hydrogen-bond acceptors (Lipinski definition) is 4. The fourth-order valence-corrected chi connectivity index (χ4v) is 3.23. The molecular weight excluding hydrogens is 392 g/mol. The van der Waals surface area contributed by atoms with Crippen LogP contribution in [0.3, 0.4) is 0 Å². The Kier molecular flexibility index (Phi) is 6.99. The smallest absolute Gasteiger partial charge is 0.251 e. The zero-order valence-corrected chi connectivity index (χ0v) is 17.0. The van der Waals surface area contributed by atoms with Crippen LogP contribution >= 0.6 is 0 Å². The van der Waals surface area contributed by atoms with E-state index in [1.165, 1.54) is 30.3 Å². The quantitative estimate of drug-likeness (QED) is 0.757. The van der Waals surface area contributed by atoms with Gasteiger partial charge in [-0.1, -0.05) is 13.8 Å². The number of ether oxygens (including phenoxy) is 1. The molecule has 1 atom stereocenters. The van der Waals surface area contributed by atoms with Gasteiger partial charge < -0.3 is 20.3 Å². The van der Waals surface area contributed by atoms with Crippen LogP contribution in [0, 0.1) is 17.6 Å². The van der Waals surface area contributed by atoms with E-state index in [0.717, 1.165) is 0 Å². The van der Waals surface area contributed by atoms with E-state index in [2.05, 4.69) is 10.6 Å². The number of carbonyl (C=O) groups excluding carboxylic acids is 2. The molecule has 0 bridgehead atoms. The maximum absolute atomic E-state index is 14.6. The van der Waals surface area contributed by atoms with E-state index >= 15 is 0 Å². The molecule has 0 aliphatic carbocycles. The number of benzene rings is 2. The second kappa shape index (κ2) is 9.67. The van der Waals surface area contributed by atoms with Crippen LogP contribution in [0.15, 0.2) is 42.5 Å². The van der Waals surface area contributed by atoms with Gasteiger partial charge in [0.15, 0.2) is 0 Å². The van der Waals surface area contributed by atoms with Gasteiger partial charge in [-0.3, -0.25) is 9.59 Å². The zero-order chi connectivity index (χ0) is 21.7. The van der Waals surface area contributed by atoms with Crippen molar-refractivity contribution in [1.82, 2.24) is 5.32 Å². The third-order valence-electron chi connectivity index (χ3n) is 4.91. The number of morpholine rings is 1. The molecule has 1 saturated heterocycles. The average molecular weight is 417 g/mol. The number of carbonyl (C=O) groups is 2. The average Bonchev–Trinajstić information content (AvgIpc) is 2.72. The van der Waals surface area contributed by atoms with Gasteiger partial charge in [-0.05, 0) is 48.4 Å². The van der Waals surface area contributed by atoms with Crippen LogP contribution in [0.5, 0.6) is 0 Å². The van der Waals surface area contributed by atoms with E-state index in [1.54, 1.807) is 26.0 Å². The van der Waals surface area contributed by atoms with Crippen LogP contribution in [0.2, 0.25) is 0 Å². The normalized spacial score (nSPS) is 15.0. The van der Waals surface area contributed by atoms with Crippen molar-refractivity contribution >= 4 is 23.2 Å². The van der Waals surface area contributed by atoms with E-state index in [-0.39, 0.29) is 11.5 Å². The number of halogens is 2. The number of nitrogens with zero attached hydrogens (tertiary/aromatic N) is 1. The van der Waals surface area contributed by atoms with E-state index in [0.29, 0.717) is 37.7 Å². The second-order valence-electron chi connectivity index (χ2n) is 7.46. The lowest BCUT2D eigenvalue weighted by molar-refractivity contribution is -0.118. The molecular formula is C22H25F2N3O3. The predicted molar refractivity (Wildman–Crippen MR) is 111 cm³/mol. The molecule has 8 heteroatoms. The summed E-state index contributed by atoms with van der Waals surface area (Å²) in [5, 5.41) is 5.32. The summed E-state index contributed by atoms with van der Waals surface area (Å²) >= 11 is 0. The first-order valence-electron chi connectivity index (χ1n) is 9.84. The Balaban J connectivity index is 1.68. The van der Waals surface area contributed by atoms with Crippen molar-refractivity contribution in [1.29, 1.82) is 0 Å². The van der Waals surface area contributed by atoms with Gasteiger partial charge in [0.05, 0.1) is 18.9 Å². The van der Waals surface area contributed by atoms with Gasteiger partial charge in [0.25, 0.3) is 5.91 Å². The van der Waals surface area contributed by atoms with E-state index in [1.807, 2.05) is 4.90 Å². The van der Waals surface area contributed by atoms with Crippen LogP contribution in [0.4, 0.5) is 20.2 Å². The summed E-state index contributed by atoms with van der Waals surface area (Å²) in [5.41, 5.74) is 1.01. The van der Waals surface area contributed by atoms with Crippen LogP contribution in [0.25, 0.3) is 0 Å². The Morgan fingerprint density at radius 2 is 1.70 bits per heavy atom. The van der Waals surface area contributed by atoms with Crippen molar-refractivity contribution < 1.29 is 23.1 Å². The van der Waals surface area contributed by atoms with Gasteiger partial charge in [-0.15, -0.1) is 0 Å². The summed E-state index contributed by atoms with van der Waals surface area (Å²) < 4.78 is 32.9. The highest BCUT2D eigenvalue weighted by molar-refractivity contribution is 6.01. The fraction of sp³-hybridized carbons (Fsp3) is 0.364. The minimum atomic E-state index is -0.843. The maximum atomic E-state index is 14.6. The summed E-state index contributed by atoms with van der Waals surface area (Å²) in [5.74, 6) is -2.05. The summed E-state index contributed by atoms with van der Waals surface area (Å²) in [6, 6.07) is 8.73. The first-order valence-corrected chi connectivity index (χ1v) is 9.84. The Morgan fingerprint density at radius 3 is 2.30 bits per heavy atom. The Hall–Kier alpha value is -3.00. The van der Waals surface area contributed by atoms with Crippen molar-refractivity contribution in [3.63, 3.8) is 0 Å². The molecule has 1 aliphatic heterocycles. The molecule has 2 aromatic rings. The largest absolute Gasteiger partial charge is 0.378 e. The van der Waals surface area contributed by atoms with E-state index in [9.17, 15) is 18.4 Å². The number of amides is 2. The molecule has 1 heterocycles. The first-order chi connectivity index (χ1) is 14.3. The standard InChI is InChI=1S/C22H25F2N3O3/c1-14(2)20(26-21(28)15-3-5-16(23)6-4-15)22(29)25-17-7-8-19(18(24)13-17)27-9-11-30-12-10-27/h3-8,13-14,20H,9-12H2,1-2H3,(H,25,29)(H,26,28). The van der Waals surface area contributed by atoms with Crippen molar-refractivity contribution in [3.05, 3.63) is 59.7 Å². The van der Waals surface area contributed by atoms with E-state index in [4.69, 9.17) is 4.74 Å². The molecule has 1 unspecified atom stereocenters. The molecule has 1 fully saturated rings. The summed E-state index contributed by atoms with van der Waals surface area (Å²) in [6.07, 6.45) is 0. The van der Waals surface area contributed by atoms with Gasteiger partial charge in [-0.2, -0.15) is 0 Å². The highest BCUT2D eigenvalue weighted by atomic mass is 19.1. The lowest BCUT2D eigenvalue weighted by Crippen LogP contribution is -2.47. The topological polar surface area (TPSA) is 70.7 Å². The minimum Gasteiger partial charge on any atom is -0.378 e. The number of hydrogen-bond donors (Lipinski definition) is 2. The lowest BCUT2D eigenvalue weighted by atomic mass is 10.0. The third-order valence-corrected chi connectivity index (χ3v) is 4.91. The van der Waals surface area contributed by atoms with Gasteiger partial charge >= 0.3 is 0 Å². The molecule has 6 nitrogen and oxygen atoms in total. The molecule has 3 rings (SSSR count). The molecule has 2 amide bonds. The molecule has 30 heavy (non-hydrogen) atoms. The second-order valence-corrected chi connectivity index (χ2v) is 7.46. The van der Waals surface area contributed by atoms with Crippen LogP contribution in [-0.4, -0.2) is 44.2 Å².